The number of hydrogen-bond acceptors (Lipinski definition) is 2. The Labute approximate surface area is 381 Å². The van der Waals surface area contributed by atoms with E-state index < -0.39 is 0 Å². The number of benzene rings is 6. The van der Waals surface area contributed by atoms with Crippen LogP contribution in [0.5, 0.6) is 11.5 Å². The number of nitrogens with zero attached hydrogens (tertiary/aromatic N) is 4. The summed E-state index contributed by atoms with van der Waals surface area (Å²) in [6.45, 7) is 16.1. The molecule has 2 aromatic heterocycles. The topological polar surface area (TPSA) is 27.1 Å². The molecule has 314 valence electrons. The number of fused-ring (bicyclic) bond motifs is 7. The van der Waals surface area contributed by atoms with Crippen LogP contribution < -0.4 is 13.9 Å². The molecule has 6 aromatic carbocycles. The van der Waals surface area contributed by atoms with Crippen LogP contribution in [0.25, 0.3) is 38.8 Å². The van der Waals surface area contributed by atoms with E-state index in [1.54, 1.807) is 0 Å². The van der Waals surface area contributed by atoms with Crippen molar-refractivity contribution in [2.45, 2.75) is 90.4 Å². The zero-order chi connectivity index (χ0) is 41.7. The SMILES string of the molecule is CC(C)(C)c1cc(Oc2[c-]c3c(cc2)c2ccccc2n3-c2cc(C(C)(C)C)ccn2)[c-]c([N+]23[CH-][N@+]2(c2cc(-c4ccccc4)cc(C4CCCCC4)c2)c2ccccc23)c1.[Pt]. The molecule has 0 spiro atoms. The zero-order valence-electron chi connectivity index (χ0n) is 36.5. The summed E-state index contributed by atoms with van der Waals surface area (Å²) in [4.78, 5) is 4.90. The molecule has 0 bridgehead atoms. The average molecular weight is 993 g/mol. The molecular formula is C56H53N4OPt-. The van der Waals surface area contributed by atoms with Crippen LogP contribution in [0, 0.1) is 18.8 Å². The molecule has 5 nitrogen and oxygen atoms in total. The fourth-order valence-electron chi connectivity index (χ4n) is 10.2. The van der Waals surface area contributed by atoms with Crippen molar-refractivity contribution in [1.29, 1.82) is 0 Å². The summed E-state index contributed by atoms with van der Waals surface area (Å²) in [5.74, 6) is 2.78. The maximum atomic E-state index is 6.94. The predicted octanol–water partition coefficient (Wildman–Crippen LogP) is 15.2. The molecule has 62 heavy (non-hydrogen) atoms. The monoisotopic (exact) mass is 992 g/mol. The second kappa shape index (κ2) is 14.9. The van der Waals surface area contributed by atoms with E-state index in [-0.39, 0.29) is 31.9 Å². The Morgan fingerprint density at radius 3 is 2.10 bits per heavy atom. The molecule has 0 N–H and O–H groups in total. The average Bonchev–Trinajstić information content (AvgIpc) is 3.77. The van der Waals surface area contributed by atoms with E-state index in [4.69, 9.17) is 9.72 Å². The van der Waals surface area contributed by atoms with Gasteiger partial charge in [-0.1, -0.05) is 139 Å². The van der Waals surface area contributed by atoms with Crippen molar-refractivity contribution in [3.63, 3.8) is 0 Å². The molecule has 2 fully saturated rings. The van der Waals surface area contributed by atoms with E-state index in [9.17, 15) is 0 Å². The van der Waals surface area contributed by atoms with Gasteiger partial charge in [0.15, 0.2) is 12.4 Å². The summed E-state index contributed by atoms with van der Waals surface area (Å²) in [6.07, 6.45) is 8.37. The predicted molar refractivity (Wildman–Crippen MR) is 252 cm³/mol. The van der Waals surface area contributed by atoms with Crippen molar-refractivity contribution < 1.29 is 25.8 Å². The Kier molecular flexibility index (Phi) is 9.79. The second-order valence-corrected chi connectivity index (χ2v) is 19.6. The normalized spacial score (nSPS) is 19.6. The van der Waals surface area contributed by atoms with E-state index in [2.05, 4.69) is 192 Å². The van der Waals surface area contributed by atoms with Crippen LogP contribution in [0.1, 0.15) is 96.3 Å². The number of quaternary nitrogens is 2. The van der Waals surface area contributed by atoms with Gasteiger partial charge in [0.05, 0.1) is 5.69 Å². The van der Waals surface area contributed by atoms with Crippen LogP contribution in [-0.4, -0.2) is 9.55 Å². The smallest absolute Gasteiger partial charge is 0.225 e. The quantitative estimate of drug-likeness (QED) is 0.0904. The Bertz CT molecular complexity index is 3010. The molecule has 3 aliphatic rings. The first-order chi connectivity index (χ1) is 29.4. The van der Waals surface area contributed by atoms with Gasteiger partial charge in [0.2, 0.25) is 11.4 Å². The molecule has 1 unspecified atom stereocenters. The van der Waals surface area contributed by atoms with E-state index >= 15 is 0 Å². The van der Waals surface area contributed by atoms with Gasteiger partial charge in [-0.15, -0.1) is 35.2 Å². The maximum absolute atomic E-state index is 6.94. The minimum atomic E-state index is -0.137. The molecule has 6 heteroatoms. The number of pyridine rings is 1. The second-order valence-electron chi connectivity index (χ2n) is 19.6. The van der Waals surface area contributed by atoms with Gasteiger partial charge in [-0.25, -0.2) is 9.58 Å². The summed E-state index contributed by atoms with van der Waals surface area (Å²) in [5, 5.41) is 2.27. The van der Waals surface area contributed by atoms with Gasteiger partial charge in [-0.05, 0) is 75.4 Å². The van der Waals surface area contributed by atoms with E-state index in [0.717, 1.165) is 33.3 Å². The summed E-state index contributed by atoms with van der Waals surface area (Å²) in [6, 6.07) is 56.5. The molecule has 0 radical (unpaired) electrons. The van der Waals surface area contributed by atoms with E-state index in [1.807, 2.05) is 12.3 Å². The van der Waals surface area contributed by atoms with Crippen LogP contribution in [0.3, 0.4) is 0 Å². The van der Waals surface area contributed by atoms with Gasteiger partial charge >= 0.3 is 0 Å². The third-order valence-corrected chi connectivity index (χ3v) is 13.6. The van der Waals surface area contributed by atoms with Crippen molar-refractivity contribution in [3.05, 3.63) is 175 Å². The summed E-state index contributed by atoms with van der Waals surface area (Å²) < 4.78 is 10.3. The Morgan fingerprint density at radius 1 is 0.629 bits per heavy atom. The molecule has 1 aliphatic carbocycles. The summed E-state index contributed by atoms with van der Waals surface area (Å²) in [5.41, 5.74) is 13.3. The molecular weight excluding hydrogens is 940 g/mol. The van der Waals surface area contributed by atoms with E-state index in [1.165, 1.54) is 77.0 Å². The van der Waals surface area contributed by atoms with Gasteiger partial charge in [-0.2, -0.15) is 10.7 Å². The van der Waals surface area contributed by atoms with Crippen LogP contribution in [-0.2, 0) is 31.9 Å². The molecule has 4 heterocycles. The van der Waals surface area contributed by atoms with Crippen LogP contribution >= 0.6 is 0 Å². The van der Waals surface area contributed by atoms with Gasteiger partial charge in [-0.3, -0.25) is 0 Å². The molecule has 2 aliphatic heterocycles. The summed E-state index contributed by atoms with van der Waals surface area (Å²) in [7, 11) is 0. The first kappa shape index (κ1) is 40.7. The number of aromatic nitrogens is 2. The molecule has 2 atom stereocenters. The largest absolute Gasteiger partial charge is 0.509 e. The fourth-order valence-corrected chi connectivity index (χ4v) is 10.2. The van der Waals surface area contributed by atoms with Crippen LogP contribution in [0.15, 0.2) is 140 Å². The molecule has 0 amide bonds. The van der Waals surface area contributed by atoms with Crippen LogP contribution in [0.4, 0.5) is 22.7 Å². The number of para-hydroxylation sites is 3. The minimum Gasteiger partial charge on any atom is -0.509 e. The number of hydrogen-bond donors (Lipinski definition) is 0. The van der Waals surface area contributed by atoms with Crippen molar-refractivity contribution in [2.75, 3.05) is 0 Å². The van der Waals surface area contributed by atoms with E-state index in [0.29, 0.717) is 26.6 Å². The minimum absolute atomic E-state index is 0. The molecule has 1 saturated carbocycles. The fraction of sp³-hybridized carbons (Fsp3) is 0.250. The first-order valence-electron chi connectivity index (χ1n) is 22.1. The summed E-state index contributed by atoms with van der Waals surface area (Å²) >= 11 is 0. The zero-order valence-corrected chi connectivity index (χ0v) is 38.8. The van der Waals surface area contributed by atoms with Crippen molar-refractivity contribution in [3.8, 4) is 28.4 Å². The third kappa shape index (κ3) is 6.42. The van der Waals surface area contributed by atoms with Gasteiger partial charge in [0, 0.05) is 68.5 Å². The first-order valence-corrected chi connectivity index (χ1v) is 22.1. The maximum Gasteiger partial charge on any atom is 0.225 e. The molecule has 8 aromatic rings. The number of rotatable bonds is 7. The molecule has 1 saturated heterocycles. The van der Waals surface area contributed by atoms with Crippen molar-refractivity contribution in [2.24, 2.45) is 0 Å². The molecule has 11 rings (SSSR count). The van der Waals surface area contributed by atoms with Gasteiger partial charge in [0.1, 0.15) is 5.82 Å². The van der Waals surface area contributed by atoms with Crippen molar-refractivity contribution in [1.82, 2.24) is 18.7 Å². The Balaban J connectivity index is 0.00000458. The standard InChI is InChI=1S/C56H53N4O.Pt/c1-55(2,3)42-27-28-57-54(34-42)58-50-22-14-13-21-48(50)49-26-25-46(36-51(49)58)61-47-33-43(56(4,5)6)32-45(35-47)60-37-59(60,52-23-15-16-24-53(52)60)44-30-40(38-17-9-7-10-18-38)29-41(31-44)39-19-11-8-12-20-39;/h7,9-10,13-18,21-34,37,39H,8,11-12,19-20H2,1-6H3;/q-1;/t59-,60?;/m0./s1. The van der Waals surface area contributed by atoms with Gasteiger partial charge in [0.25, 0.3) is 0 Å². The Morgan fingerprint density at radius 2 is 1.34 bits per heavy atom. The van der Waals surface area contributed by atoms with Crippen LogP contribution in [0.2, 0.25) is 0 Å². The number of ether oxygens (including phenoxy) is 1. The van der Waals surface area contributed by atoms with Crippen molar-refractivity contribution >= 4 is 44.6 Å². The Hall–Kier alpha value is -5.32. The third-order valence-electron chi connectivity index (χ3n) is 13.6. The van der Waals surface area contributed by atoms with Gasteiger partial charge < -0.3 is 9.30 Å².